The molecule has 144 valence electrons. The van der Waals surface area contributed by atoms with Crippen LogP contribution in [0.1, 0.15) is 11.4 Å². The Balaban J connectivity index is 1.44. The van der Waals surface area contributed by atoms with Crippen molar-refractivity contribution in [1.29, 1.82) is 0 Å². The third-order valence-corrected chi connectivity index (χ3v) is 4.33. The smallest absolute Gasteiger partial charge is 0.317 e. The molecule has 0 bridgehead atoms. The fourth-order valence-electron chi connectivity index (χ4n) is 2.82. The molecule has 27 heavy (non-hydrogen) atoms. The number of carbonyl (C=O) groups is 2. The topological polar surface area (TPSA) is 129 Å². The van der Waals surface area contributed by atoms with E-state index >= 15 is 0 Å². The number of methoxy groups -OCH3 is 1. The number of nitrogens with two attached hydrogens (primary N) is 1. The number of nitrogen functional groups attached to an aromatic ring is 1. The van der Waals surface area contributed by atoms with Crippen molar-refractivity contribution < 1.29 is 14.3 Å². The lowest BCUT2D eigenvalue weighted by Gasteiger charge is -2.34. The van der Waals surface area contributed by atoms with Crippen LogP contribution in [0.3, 0.4) is 0 Å². The molecule has 1 saturated heterocycles. The highest BCUT2D eigenvalue weighted by Gasteiger charge is 2.26. The number of aromatic nitrogens is 3. The van der Waals surface area contributed by atoms with E-state index in [9.17, 15) is 9.59 Å². The number of H-pyrrole nitrogens is 1. The zero-order valence-electron chi connectivity index (χ0n) is 15.1. The predicted octanol–water partition coefficient (Wildman–Crippen LogP) is -0.00800. The number of urea groups is 1. The van der Waals surface area contributed by atoms with E-state index in [1.807, 2.05) is 24.3 Å². The van der Waals surface area contributed by atoms with Gasteiger partial charge in [0.25, 0.3) is 0 Å². The second-order valence-corrected chi connectivity index (χ2v) is 6.21. The van der Waals surface area contributed by atoms with Gasteiger partial charge in [0.15, 0.2) is 0 Å². The summed E-state index contributed by atoms with van der Waals surface area (Å²) in [5.41, 5.74) is 6.45. The molecule has 0 radical (unpaired) electrons. The van der Waals surface area contributed by atoms with Crippen molar-refractivity contribution in [2.75, 3.05) is 39.0 Å². The van der Waals surface area contributed by atoms with Crippen LogP contribution in [0.15, 0.2) is 24.3 Å². The van der Waals surface area contributed by atoms with Gasteiger partial charge in [0.1, 0.15) is 18.1 Å². The molecule has 1 aromatic carbocycles. The van der Waals surface area contributed by atoms with Gasteiger partial charge in [-0.25, -0.2) is 4.79 Å². The Morgan fingerprint density at radius 2 is 2.11 bits per heavy atom. The molecule has 0 spiro atoms. The molecule has 4 N–H and O–H groups in total. The first kappa shape index (κ1) is 18.5. The van der Waals surface area contributed by atoms with E-state index in [0.29, 0.717) is 38.4 Å². The third-order valence-electron chi connectivity index (χ3n) is 4.33. The lowest BCUT2D eigenvalue weighted by molar-refractivity contribution is -0.135. The Morgan fingerprint density at radius 3 is 2.74 bits per heavy atom. The van der Waals surface area contributed by atoms with Crippen LogP contribution in [0.2, 0.25) is 0 Å². The minimum Gasteiger partial charge on any atom is -0.497 e. The standard InChI is InChI=1S/C17H23N7O3/c1-27-13-4-2-12(3-5-13)10-23-8-9-24(11-15(23)25)17(26)19-7-6-14-20-16(18)22-21-14/h2-5H,6-11H2,1H3,(H,19,26)(H3,18,20,21,22). The molecule has 1 aromatic heterocycles. The first-order valence-corrected chi connectivity index (χ1v) is 8.65. The van der Waals surface area contributed by atoms with Crippen LogP contribution in [-0.2, 0) is 17.8 Å². The SMILES string of the molecule is COc1ccc(CN2CCN(C(=O)NCCc3nc(N)n[nH]3)CC2=O)cc1. The van der Waals surface area contributed by atoms with E-state index in [-0.39, 0.29) is 24.4 Å². The number of nitrogens with one attached hydrogen (secondary N) is 2. The van der Waals surface area contributed by atoms with Gasteiger partial charge in [-0.15, -0.1) is 5.10 Å². The van der Waals surface area contributed by atoms with E-state index in [2.05, 4.69) is 20.5 Å². The van der Waals surface area contributed by atoms with Crippen LogP contribution in [0.4, 0.5) is 10.7 Å². The summed E-state index contributed by atoms with van der Waals surface area (Å²) in [7, 11) is 1.61. The summed E-state index contributed by atoms with van der Waals surface area (Å²) in [6.45, 7) is 1.95. The number of nitrogens with zero attached hydrogens (tertiary/aromatic N) is 4. The van der Waals surface area contributed by atoms with Crippen LogP contribution in [0, 0.1) is 0 Å². The van der Waals surface area contributed by atoms with Gasteiger partial charge >= 0.3 is 6.03 Å². The lowest BCUT2D eigenvalue weighted by Crippen LogP contribution is -2.54. The molecule has 10 heteroatoms. The predicted molar refractivity (Wildman–Crippen MR) is 97.9 cm³/mol. The molecule has 0 unspecified atom stereocenters. The highest BCUT2D eigenvalue weighted by Crippen LogP contribution is 2.14. The molecule has 3 rings (SSSR count). The summed E-state index contributed by atoms with van der Waals surface area (Å²) in [5.74, 6) is 1.48. The normalized spacial score (nSPS) is 14.3. The molecule has 0 saturated carbocycles. The van der Waals surface area contributed by atoms with Crippen LogP contribution >= 0.6 is 0 Å². The maximum atomic E-state index is 12.4. The molecule has 2 heterocycles. The molecule has 3 amide bonds. The summed E-state index contributed by atoms with van der Waals surface area (Å²) < 4.78 is 5.14. The second-order valence-electron chi connectivity index (χ2n) is 6.21. The summed E-state index contributed by atoms with van der Waals surface area (Å²) in [5, 5.41) is 9.19. The maximum Gasteiger partial charge on any atom is 0.317 e. The second kappa shape index (κ2) is 8.39. The quantitative estimate of drug-likeness (QED) is 0.653. The van der Waals surface area contributed by atoms with Gasteiger partial charge in [-0.1, -0.05) is 12.1 Å². The van der Waals surface area contributed by atoms with E-state index < -0.39 is 0 Å². The highest BCUT2D eigenvalue weighted by molar-refractivity contribution is 5.85. The van der Waals surface area contributed by atoms with Gasteiger partial charge < -0.3 is 25.6 Å². The molecule has 0 atom stereocenters. The molecule has 1 fully saturated rings. The number of amides is 3. The molecule has 1 aliphatic rings. The summed E-state index contributed by atoms with van der Waals surface area (Å²) in [6.07, 6.45) is 0.487. The highest BCUT2D eigenvalue weighted by atomic mass is 16.5. The van der Waals surface area contributed by atoms with Gasteiger partial charge in [0.05, 0.1) is 7.11 Å². The van der Waals surface area contributed by atoms with Gasteiger partial charge in [0, 0.05) is 32.6 Å². The number of carbonyl (C=O) groups excluding carboxylic acids is 2. The number of ether oxygens (including phenoxy) is 1. The van der Waals surface area contributed by atoms with E-state index in [0.717, 1.165) is 11.3 Å². The Kier molecular flexibility index (Phi) is 5.74. The zero-order chi connectivity index (χ0) is 19.2. The fourth-order valence-corrected chi connectivity index (χ4v) is 2.82. The van der Waals surface area contributed by atoms with Crippen molar-refractivity contribution in [2.24, 2.45) is 0 Å². The van der Waals surface area contributed by atoms with Gasteiger partial charge in [-0.05, 0) is 17.7 Å². The largest absolute Gasteiger partial charge is 0.497 e. The third kappa shape index (κ3) is 4.87. The molecular formula is C17H23N7O3. The van der Waals surface area contributed by atoms with Gasteiger partial charge in [0.2, 0.25) is 11.9 Å². The van der Waals surface area contributed by atoms with Crippen molar-refractivity contribution in [3.05, 3.63) is 35.7 Å². The van der Waals surface area contributed by atoms with Crippen LogP contribution < -0.4 is 15.8 Å². The van der Waals surface area contributed by atoms with E-state index in [1.165, 1.54) is 4.90 Å². The number of rotatable bonds is 6. The lowest BCUT2D eigenvalue weighted by atomic mass is 10.2. The number of anilines is 1. The first-order valence-electron chi connectivity index (χ1n) is 8.65. The Morgan fingerprint density at radius 1 is 1.33 bits per heavy atom. The monoisotopic (exact) mass is 373 g/mol. The van der Waals surface area contributed by atoms with Crippen molar-refractivity contribution in [3.63, 3.8) is 0 Å². The van der Waals surface area contributed by atoms with E-state index in [4.69, 9.17) is 10.5 Å². The first-order chi connectivity index (χ1) is 13.0. The number of hydrogen-bond acceptors (Lipinski definition) is 6. The fraction of sp³-hybridized carbons (Fsp3) is 0.412. The maximum absolute atomic E-state index is 12.4. The van der Waals surface area contributed by atoms with Crippen LogP contribution in [0.5, 0.6) is 5.75 Å². The average molecular weight is 373 g/mol. The molecule has 10 nitrogen and oxygen atoms in total. The molecule has 2 aromatic rings. The van der Waals surface area contributed by atoms with Crippen LogP contribution in [-0.4, -0.2) is 70.2 Å². The zero-order valence-corrected chi connectivity index (χ0v) is 15.1. The number of hydrogen-bond donors (Lipinski definition) is 3. The minimum atomic E-state index is -0.264. The molecule has 1 aliphatic heterocycles. The van der Waals surface area contributed by atoms with Gasteiger partial charge in [-0.3, -0.25) is 9.89 Å². The summed E-state index contributed by atoms with van der Waals surface area (Å²) in [6, 6.07) is 7.33. The number of benzene rings is 1. The average Bonchev–Trinajstić information content (AvgIpc) is 3.09. The summed E-state index contributed by atoms with van der Waals surface area (Å²) in [4.78, 5) is 31.8. The Bertz CT molecular complexity index is 790. The van der Waals surface area contributed by atoms with Crippen LogP contribution in [0.25, 0.3) is 0 Å². The van der Waals surface area contributed by atoms with Crippen molar-refractivity contribution in [2.45, 2.75) is 13.0 Å². The molecule has 0 aliphatic carbocycles. The Hall–Kier alpha value is -3.30. The number of aromatic amines is 1. The number of piperazine rings is 1. The van der Waals surface area contributed by atoms with E-state index in [1.54, 1.807) is 12.0 Å². The Labute approximate surface area is 156 Å². The van der Waals surface area contributed by atoms with Crippen molar-refractivity contribution in [3.8, 4) is 5.75 Å². The molecular weight excluding hydrogens is 350 g/mol. The minimum absolute atomic E-state index is 0.0667. The van der Waals surface area contributed by atoms with Gasteiger partial charge in [-0.2, -0.15) is 4.98 Å². The van der Waals surface area contributed by atoms with Crippen molar-refractivity contribution in [1.82, 2.24) is 30.3 Å². The summed E-state index contributed by atoms with van der Waals surface area (Å²) >= 11 is 0. The van der Waals surface area contributed by atoms with Crippen molar-refractivity contribution >= 4 is 17.9 Å².